The van der Waals surface area contributed by atoms with E-state index in [2.05, 4.69) is 45.1 Å². The molecule has 0 fully saturated rings. The van der Waals surface area contributed by atoms with Gasteiger partial charge in [0, 0.05) is 0 Å². The Labute approximate surface area is 128 Å². The number of rotatable bonds is 6. The van der Waals surface area contributed by atoms with E-state index >= 15 is 0 Å². The zero-order chi connectivity index (χ0) is 15.5. The van der Waals surface area contributed by atoms with Gasteiger partial charge in [-0.1, -0.05) is 39.1 Å². The molecule has 1 heterocycles. The van der Waals surface area contributed by atoms with Gasteiger partial charge in [0.25, 0.3) is 0 Å². The summed E-state index contributed by atoms with van der Waals surface area (Å²) in [6.45, 7) is 8.90. The summed E-state index contributed by atoms with van der Waals surface area (Å²) in [7, 11) is -1.51. The summed E-state index contributed by atoms with van der Waals surface area (Å²) in [4.78, 5) is 0. The Balaban J connectivity index is 2.17. The average Bonchev–Trinajstić information content (AvgIpc) is 3.01. The van der Waals surface area contributed by atoms with Gasteiger partial charge in [-0.25, -0.2) is 0 Å². The van der Waals surface area contributed by atoms with E-state index in [1.54, 1.807) is 6.26 Å². The number of benzene rings is 1. The standard InChI is InChI=1S/C18H26O2Si/c1-5-15-12-14(13-16(6-2)18(15)19)9-11-21(3,4)17-8-7-10-20-17/h7-8,10,12-13,19H,5-6,9,11H2,1-4H3. The molecule has 0 aliphatic heterocycles. The number of hydrogen-bond acceptors (Lipinski definition) is 2. The molecule has 2 nitrogen and oxygen atoms in total. The Morgan fingerprint density at radius 3 is 2.19 bits per heavy atom. The number of furan rings is 1. The first kappa shape index (κ1) is 15.9. The van der Waals surface area contributed by atoms with E-state index in [0.717, 1.165) is 36.4 Å². The molecule has 0 aliphatic rings. The van der Waals surface area contributed by atoms with Crippen LogP contribution in [-0.2, 0) is 19.3 Å². The number of phenolic OH excluding ortho intramolecular Hbond substituents is 1. The van der Waals surface area contributed by atoms with Gasteiger partial charge in [0.05, 0.1) is 11.6 Å². The van der Waals surface area contributed by atoms with E-state index in [9.17, 15) is 5.11 Å². The molecule has 0 unspecified atom stereocenters. The van der Waals surface area contributed by atoms with Crippen LogP contribution in [0.2, 0.25) is 19.1 Å². The molecule has 1 aromatic carbocycles. The summed E-state index contributed by atoms with van der Waals surface area (Å²) in [6.07, 6.45) is 4.59. The molecule has 0 radical (unpaired) electrons. The van der Waals surface area contributed by atoms with E-state index in [1.165, 1.54) is 10.9 Å². The van der Waals surface area contributed by atoms with Gasteiger partial charge in [0.2, 0.25) is 0 Å². The molecule has 0 aliphatic carbocycles. The third-order valence-electron chi connectivity index (χ3n) is 4.32. The van der Waals surface area contributed by atoms with Gasteiger partial charge < -0.3 is 9.52 Å². The van der Waals surface area contributed by atoms with Crippen molar-refractivity contribution >= 4 is 13.5 Å². The van der Waals surface area contributed by atoms with Gasteiger partial charge in [0.1, 0.15) is 13.8 Å². The minimum absolute atomic E-state index is 0.492. The van der Waals surface area contributed by atoms with Crippen LogP contribution in [0, 0.1) is 0 Å². The second kappa shape index (κ2) is 6.52. The molecular formula is C18H26O2Si. The molecule has 0 saturated heterocycles. The molecule has 114 valence electrons. The zero-order valence-corrected chi connectivity index (χ0v) is 14.6. The van der Waals surface area contributed by atoms with Gasteiger partial charge in [-0.3, -0.25) is 0 Å². The van der Waals surface area contributed by atoms with E-state index in [0.29, 0.717) is 5.75 Å². The van der Waals surface area contributed by atoms with Crippen LogP contribution in [0.15, 0.2) is 34.9 Å². The molecule has 0 spiro atoms. The summed E-state index contributed by atoms with van der Waals surface area (Å²) in [5.41, 5.74) is 3.48. The molecule has 1 aromatic heterocycles. The van der Waals surface area contributed by atoms with Crippen molar-refractivity contribution in [2.75, 3.05) is 0 Å². The van der Waals surface area contributed by atoms with E-state index in [-0.39, 0.29) is 0 Å². The summed E-state index contributed by atoms with van der Waals surface area (Å²) in [6, 6.07) is 9.59. The SMILES string of the molecule is CCc1cc(CC[Si](C)(C)c2ccco2)cc(CC)c1O. The topological polar surface area (TPSA) is 33.4 Å². The van der Waals surface area contributed by atoms with Crippen LogP contribution >= 0.6 is 0 Å². The van der Waals surface area contributed by atoms with Gasteiger partial charge >= 0.3 is 0 Å². The van der Waals surface area contributed by atoms with Crippen molar-refractivity contribution in [2.24, 2.45) is 0 Å². The fourth-order valence-corrected chi connectivity index (χ4v) is 4.85. The minimum Gasteiger partial charge on any atom is -0.507 e. The lowest BCUT2D eigenvalue weighted by Crippen LogP contribution is -2.40. The average molecular weight is 302 g/mol. The highest BCUT2D eigenvalue weighted by molar-refractivity contribution is 6.88. The zero-order valence-electron chi connectivity index (χ0n) is 13.6. The highest BCUT2D eigenvalue weighted by Crippen LogP contribution is 2.27. The van der Waals surface area contributed by atoms with Gasteiger partial charge in [-0.2, -0.15) is 0 Å². The lowest BCUT2D eigenvalue weighted by Gasteiger charge is -2.20. The summed E-state index contributed by atoms with van der Waals surface area (Å²) in [5.74, 6) is 0.492. The number of phenols is 1. The molecule has 0 amide bonds. The lowest BCUT2D eigenvalue weighted by atomic mass is 9.99. The maximum absolute atomic E-state index is 10.2. The van der Waals surface area contributed by atoms with E-state index < -0.39 is 8.07 Å². The molecule has 2 rings (SSSR count). The maximum atomic E-state index is 10.2. The highest BCUT2D eigenvalue weighted by atomic mass is 28.3. The van der Waals surface area contributed by atoms with Crippen molar-refractivity contribution in [1.82, 2.24) is 0 Å². The van der Waals surface area contributed by atoms with Crippen molar-refractivity contribution in [3.63, 3.8) is 0 Å². The predicted molar refractivity (Wildman–Crippen MR) is 91.2 cm³/mol. The second-order valence-corrected chi connectivity index (χ2v) is 11.1. The van der Waals surface area contributed by atoms with Gasteiger partial charge in [-0.05, 0) is 54.1 Å². The van der Waals surface area contributed by atoms with Crippen LogP contribution < -0.4 is 5.38 Å². The quantitative estimate of drug-likeness (QED) is 0.809. The van der Waals surface area contributed by atoms with E-state index in [4.69, 9.17) is 4.42 Å². The minimum atomic E-state index is -1.51. The molecule has 1 N–H and O–H groups in total. The number of hydrogen-bond donors (Lipinski definition) is 1. The Kier molecular flexibility index (Phi) is 4.94. The fraction of sp³-hybridized carbons (Fsp3) is 0.444. The van der Waals surface area contributed by atoms with Crippen molar-refractivity contribution in [3.8, 4) is 5.75 Å². The van der Waals surface area contributed by atoms with Crippen LogP contribution in [0.4, 0.5) is 0 Å². The normalized spacial score (nSPS) is 11.8. The second-order valence-electron chi connectivity index (χ2n) is 6.33. The van der Waals surface area contributed by atoms with Crippen LogP contribution in [0.25, 0.3) is 0 Å². The number of aromatic hydroxyl groups is 1. The van der Waals surface area contributed by atoms with Crippen LogP contribution in [0.1, 0.15) is 30.5 Å². The third kappa shape index (κ3) is 3.59. The van der Waals surface area contributed by atoms with Crippen molar-refractivity contribution in [2.45, 2.75) is 52.2 Å². The Bertz CT molecular complexity index is 560. The van der Waals surface area contributed by atoms with E-state index in [1.807, 2.05) is 6.07 Å². The maximum Gasteiger partial charge on any atom is 0.126 e. The molecule has 2 aromatic rings. The summed E-state index contributed by atoms with van der Waals surface area (Å²) >= 11 is 0. The first-order chi connectivity index (χ1) is 9.97. The van der Waals surface area contributed by atoms with Crippen LogP contribution in [-0.4, -0.2) is 13.2 Å². The van der Waals surface area contributed by atoms with Gasteiger partial charge in [-0.15, -0.1) is 0 Å². The van der Waals surface area contributed by atoms with Crippen LogP contribution in [0.3, 0.4) is 0 Å². The lowest BCUT2D eigenvalue weighted by molar-refractivity contribution is 0.462. The molecule has 21 heavy (non-hydrogen) atoms. The predicted octanol–water partition coefficient (Wildman–Crippen LogP) is 4.27. The third-order valence-corrected chi connectivity index (χ3v) is 7.43. The highest BCUT2D eigenvalue weighted by Gasteiger charge is 2.26. The smallest absolute Gasteiger partial charge is 0.126 e. The molecule has 0 atom stereocenters. The first-order valence-electron chi connectivity index (χ1n) is 7.85. The Morgan fingerprint density at radius 1 is 1.10 bits per heavy atom. The summed E-state index contributed by atoms with van der Waals surface area (Å²) < 4.78 is 5.62. The van der Waals surface area contributed by atoms with Crippen LogP contribution in [0.5, 0.6) is 5.75 Å². The molecular weight excluding hydrogens is 276 g/mol. The monoisotopic (exact) mass is 302 g/mol. The molecule has 3 heteroatoms. The Morgan fingerprint density at radius 2 is 1.71 bits per heavy atom. The van der Waals surface area contributed by atoms with Crippen molar-refractivity contribution in [3.05, 3.63) is 47.2 Å². The largest absolute Gasteiger partial charge is 0.507 e. The Hall–Kier alpha value is -1.48. The summed E-state index contributed by atoms with van der Waals surface area (Å²) in [5, 5.41) is 11.4. The molecule has 0 saturated carbocycles. The van der Waals surface area contributed by atoms with Gasteiger partial charge in [0.15, 0.2) is 0 Å². The van der Waals surface area contributed by atoms with Crippen molar-refractivity contribution < 1.29 is 9.52 Å². The first-order valence-corrected chi connectivity index (χ1v) is 11.1. The number of aryl methyl sites for hydroxylation is 3. The fourth-order valence-electron chi connectivity index (χ4n) is 2.76. The molecule has 0 bridgehead atoms. The van der Waals surface area contributed by atoms with Crippen molar-refractivity contribution in [1.29, 1.82) is 0 Å².